The summed E-state index contributed by atoms with van der Waals surface area (Å²) in [6, 6.07) is 12.1. The van der Waals surface area contributed by atoms with E-state index in [4.69, 9.17) is 18.4 Å². The van der Waals surface area contributed by atoms with Gasteiger partial charge in [0.15, 0.2) is 11.5 Å². The van der Waals surface area contributed by atoms with Gasteiger partial charge in [-0.1, -0.05) is 29.8 Å². The summed E-state index contributed by atoms with van der Waals surface area (Å²) in [5.41, 5.74) is -0.451. The Hall–Kier alpha value is -3.53. The van der Waals surface area contributed by atoms with Crippen LogP contribution < -0.4 is 10.1 Å². The molecule has 0 bridgehead atoms. The first kappa shape index (κ1) is 25.7. The van der Waals surface area contributed by atoms with Gasteiger partial charge in [0.25, 0.3) is 0 Å². The van der Waals surface area contributed by atoms with Gasteiger partial charge in [-0.05, 0) is 52.0 Å². The number of nitrogens with one attached hydrogen (secondary N) is 1. The Labute approximate surface area is 193 Å². The van der Waals surface area contributed by atoms with Crippen LogP contribution in [0.4, 0.5) is 4.79 Å². The van der Waals surface area contributed by atoms with E-state index in [9.17, 15) is 18.0 Å². The summed E-state index contributed by atoms with van der Waals surface area (Å²) >= 11 is 0. The van der Waals surface area contributed by atoms with E-state index in [0.29, 0.717) is 5.75 Å². The zero-order valence-corrected chi connectivity index (χ0v) is 20.1. The minimum absolute atomic E-state index is 0.140. The van der Waals surface area contributed by atoms with Crippen LogP contribution in [-0.4, -0.2) is 40.3 Å². The average Bonchev–Trinajstić information content (AvgIpc) is 2.74. The average molecular weight is 478 g/mol. The molecule has 0 aliphatic rings. The van der Waals surface area contributed by atoms with Crippen molar-refractivity contribution >= 4 is 27.9 Å². The number of alkyl carbamates (subject to hydrolysis) is 1. The molecule has 2 rings (SSSR count). The summed E-state index contributed by atoms with van der Waals surface area (Å²) in [7, 11) is -1.90. The van der Waals surface area contributed by atoms with Crippen LogP contribution in [0.3, 0.4) is 0 Å². The van der Waals surface area contributed by atoms with Gasteiger partial charge < -0.3 is 18.4 Å². The minimum Gasteiger partial charge on any atom is -0.497 e. The maximum atomic E-state index is 13.0. The molecule has 1 N–H and O–H groups in total. The normalized spacial score (nSPS) is 12.3. The molecule has 0 fully saturated rings. The summed E-state index contributed by atoms with van der Waals surface area (Å²) in [5, 5.41) is 2.26. The lowest BCUT2D eigenvalue weighted by Gasteiger charge is -2.21. The molecule has 1 amide bonds. The van der Waals surface area contributed by atoms with E-state index in [0.717, 1.165) is 12.7 Å². The van der Waals surface area contributed by atoms with Gasteiger partial charge in [-0.2, -0.15) is 8.42 Å². The van der Waals surface area contributed by atoms with Crippen LogP contribution >= 0.6 is 0 Å². The second-order valence-electron chi connectivity index (χ2n) is 7.91. The molecule has 0 heterocycles. The van der Waals surface area contributed by atoms with Crippen molar-refractivity contribution in [2.24, 2.45) is 0 Å². The third kappa shape index (κ3) is 7.25. The van der Waals surface area contributed by atoms with Crippen molar-refractivity contribution in [1.82, 2.24) is 5.32 Å². The largest absolute Gasteiger partial charge is 0.497 e. The molecule has 0 aliphatic heterocycles. The van der Waals surface area contributed by atoms with E-state index >= 15 is 0 Å². The molecule has 2 aromatic carbocycles. The Morgan fingerprint density at radius 3 is 2.15 bits per heavy atom. The van der Waals surface area contributed by atoms with Crippen molar-refractivity contribution in [2.45, 2.75) is 38.2 Å². The molecule has 0 radical (unpaired) electrons. The van der Waals surface area contributed by atoms with Crippen molar-refractivity contribution in [3.05, 3.63) is 65.4 Å². The third-order valence-electron chi connectivity index (χ3n) is 4.08. The lowest BCUT2D eigenvalue weighted by molar-refractivity contribution is -0.136. The minimum atomic E-state index is -4.40. The Bertz CT molecular complexity index is 1150. The van der Waals surface area contributed by atoms with Crippen LogP contribution in [0.5, 0.6) is 5.75 Å². The van der Waals surface area contributed by atoms with E-state index in [-0.39, 0.29) is 10.5 Å². The summed E-state index contributed by atoms with van der Waals surface area (Å²) in [4.78, 5) is 24.9. The molecule has 0 aromatic heterocycles. The van der Waals surface area contributed by atoms with Crippen LogP contribution in [0, 0.1) is 6.92 Å². The summed E-state index contributed by atoms with van der Waals surface area (Å²) < 4.78 is 46.6. The maximum absolute atomic E-state index is 13.0. The van der Waals surface area contributed by atoms with Gasteiger partial charge in [0.1, 0.15) is 16.2 Å². The summed E-state index contributed by atoms with van der Waals surface area (Å²) in [6.07, 6.45) is -1.00. The lowest BCUT2D eigenvalue weighted by atomic mass is 10.1. The van der Waals surface area contributed by atoms with Crippen LogP contribution in [0.1, 0.15) is 31.9 Å². The predicted octanol–water partition coefficient (Wildman–Crippen LogP) is 3.78. The molecule has 33 heavy (non-hydrogen) atoms. The Morgan fingerprint density at radius 2 is 1.61 bits per heavy atom. The fourth-order valence-corrected chi connectivity index (χ4v) is 3.53. The van der Waals surface area contributed by atoms with Crippen LogP contribution in [0.25, 0.3) is 5.76 Å². The molecule has 0 aliphatic carbocycles. The Balaban J connectivity index is 2.67. The second-order valence-corrected chi connectivity index (χ2v) is 9.45. The maximum Gasteiger partial charge on any atom is 0.412 e. The zero-order valence-electron chi connectivity index (χ0n) is 19.3. The molecule has 0 saturated heterocycles. The van der Waals surface area contributed by atoms with Crippen LogP contribution in [0.15, 0.2) is 59.1 Å². The predicted molar refractivity (Wildman–Crippen MR) is 121 cm³/mol. The van der Waals surface area contributed by atoms with Gasteiger partial charge in [-0.25, -0.2) is 9.59 Å². The van der Waals surface area contributed by atoms with E-state index in [1.807, 2.05) is 0 Å². The highest BCUT2D eigenvalue weighted by Crippen LogP contribution is 2.28. The highest BCUT2D eigenvalue weighted by atomic mass is 32.2. The number of amides is 1. The summed E-state index contributed by atoms with van der Waals surface area (Å²) in [6.45, 7) is 6.71. The van der Waals surface area contributed by atoms with Gasteiger partial charge in [0.05, 0.1) is 14.2 Å². The lowest BCUT2D eigenvalue weighted by Crippen LogP contribution is -2.35. The first-order valence-corrected chi connectivity index (χ1v) is 11.3. The number of ether oxygens (including phenoxy) is 3. The van der Waals surface area contributed by atoms with Crippen molar-refractivity contribution in [3.63, 3.8) is 0 Å². The second kappa shape index (κ2) is 10.4. The van der Waals surface area contributed by atoms with Crippen LogP contribution in [-0.2, 0) is 28.6 Å². The highest BCUT2D eigenvalue weighted by molar-refractivity contribution is 7.87. The standard InChI is InChI=1S/C23H27NO8S/c1-15-10-12-18(13-11-15)33(27,28)32-20(16-8-7-9-17(14-16)29-5)19(21(25)30-6)24-22(26)31-23(2,3)4/h7-14H,1-6H3,(H,24,26)/b20-19+. The third-order valence-corrected chi connectivity index (χ3v) is 5.31. The number of esters is 1. The quantitative estimate of drug-likeness (QED) is 0.277. The number of hydrogen-bond donors (Lipinski definition) is 1. The Morgan fingerprint density at radius 1 is 0.970 bits per heavy atom. The first-order valence-electron chi connectivity index (χ1n) is 9.84. The molecule has 178 valence electrons. The number of rotatable bonds is 7. The van der Waals surface area contributed by atoms with Gasteiger partial charge in [0.2, 0.25) is 0 Å². The van der Waals surface area contributed by atoms with Crippen molar-refractivity contribution in [1.29, 1.82) is 0 Å². The van der Waals surface area contributed by atoms with E-state index in [2.05, 4.69) is 5.32 Å². The molecule has 0 unspecified atom stereocenters. The first-order chi connectivity index (χ1) is 15.4. The monoisotopic (exact) mass is 477 g/mol. The highest BCUT2D eigenvalue weighted by Gasteiger charge is 2.29. The van der Waals surface area contributed by atoms with E-state index < -0.39 is 39.2 Å². The Kier molecular flexibility index (Phi) is 8.10. The van der Waals surface area contributed by atoms with Gasteiger partial charge in [-0.15, -0.1) is 0 Å². The molecule has 0 saturated carbocycles. The van der Waals surface area contributed by atoms with E-state index in [1.54, 1.807) is 52.0 Å². The van der Waals surface area contributed by atoms with Crippen LogP contribution in [0.2, 0.25) is 0 Å². The van der Waals surface area contributed by atoms with Crippen molar-refractivity contribution in [3.8, 4) is 5.75 Å². The molecule has 2 aromatic rings. The number of carbonyl (C=O) groups excluding carboxylic acids is 2. The number of carbonyl (C=O) groups is 2. The van der Waals surface area contributed by atoms with E-state index in [1.165, 1.54) is 31.4 Å². The SMILES string of the molecule is COC(=O)/C(NC(=O)OC(C)(C)C)=C(\OS(=O)(=O)c1ccc(C)cc1)c1cccc(OC)c1. The fourth-order valence-electron chi connectivity index (χ4n) is 2.57. The molecular weight excluding hydrogens is 450 g/mol. The molecule has 9 nitrogen and oxygen atoms in total. The molecule has 0 atom stereocenters. The smallest absolute Gasteiger partial charge is 0.412 e. The number of benzene rings is 2. The molecular formula is C23H27NO8S. The fraction of sp³-hybridized carbons (Fsp3) is 0.304. The molecule has 0 spiro atoms. The van der Waals surface area contributed by atoms with Crippen molar-refractivity contribution in [2.75, 3.05) is 14.2 Å². The number of hydrogen-bond acceptors (Lipinski definition) is 8. The topological polar surface area (TPSA) is 117 Å². The van der Waals surface area contributed by atoms with Gasteiger partial charge >= 0.3 is 22.2 Å². The van der Waals surface area contributed by atoms with Crippen molar-refractivity contribution < 1.29 is 36.4 Å². The zero-order chi connectivity index (χ0) is 24.8. The van der Waals surface area contributed by atoms with Gasteiger partial charge in [0, 0.05) is 5.56 Å². The number of methoxy groups -OCH3 is 2. The summed E-state index contributed by atoms with van der Waals surface area (Å²) in [5.74, 6) is -1.15. The number of aryl methyl sites for hydroxylation is 1. The van der Waals surface area contributed by atoms with Gasteiger partial charge in [-0.3, -0.25) is 5.32 Å². The molecule has 10 heteroatoms.